The molecule has 1 heterocycles. The van der Waals surface area contributed by atoms with Crippen LogP contribution < -0.4 is 14.2 Å². The van der Waals surface area contributed by atoms with Crippen LogP contribution in [0.25, 0.3) is 6.08 Å². The van der Waals surface area contributed by atoms with Gasteiger partial charge in [-0.15, -0.1) is 0 Å². The average molecular weight is 381 g/mol. The highest BCUT2D eigenvalue weighted by Crippen LogP contribution is 2.40. The number of nitrogens with zero attached hydrogens (tertiary/aromatic N) is 1. The number of carbonyl (C=O) groups excluding carboxylic acids is 1. The number of amides is 1. The van der Waals surface area contributed by atoms with Crippen molar-refractivity contribution >= 4 is 12.0 Å². The first-order valence-electron chi connectivity index (χ1n) is 9.62. The van der Waals surface area contributed by atoms with Crippen LogP contribution in [0.15, 0.2) is 48.5 Å². The highest BCUT2D eigenvalue weighted by atomic mass is 16.6. The maximum Gasteiger partial charge on any atom is 0.247 e. The Balaban J connectivity index is 1.80. The third kappa shape index (κ3) is 4.66. The van der Waals surface area contributed by atoms with E-state index in [4.69, 9.17) is 14.2 Å². The smallest absolute Gasteiger partial charge is 0.247 e. The van der Waals surface area contributed by atoms with E-state index in [9.17, 15) is 4.79 Å². The van der Waals surface area contributed by atoms with Gasteiger partial charge in [-0.25, -0.2) is 0 Å². The monoisotopic (exact) mass is 381 g/mol. The van der Waals surface area contributed by atoms with Crippen molar-refractivity contribution in [2.45, 2.75) is 32.9 Å². The number of hydrogen-bond acceptors (Lipinski definition) is 4. The van der Waals surface area contributed by atoms with E-state index in [-0.39, 0.29) is 11.9 Å². The predicted molar refractivity (Wildman–Crippen MR) is 110 cm³/mol. The average Bonchev–Trinajstić information content (AvgIpc) is 2.75. The van der Waals surface area contributed by atoms with Gasteiger partial charge in [0, 0.05) is 18.7 Å². The van der Waals surface area contributed by atoms with Crippen LogP contribution in [0, 0.1) is 0 Å². The Morgan fingerprint density at radius 2 is 1.96 bits per heavy atom. The fourth-order valence-electron chi connectivity index (χ4n) is 3.10. The Labute approximate surface area is 166 Å². The van der Waals surface area contributed by atoms with Gasteiger partial charge in [0.05, 0.1) is 7.11 Å². The lowest BCUT2D eigenvalue weighted by atomic mass is 10.1. The summed E-state index contributed by atoms with van der Waals surface area (Å²) in [7, 11) is 1.59. The molecular formula is C23H27NO4. The molecule has 0 aromatic heterocycles. The standard InChI is InChI=1S/C23H27NO4/c1-4-17(2)24(16-18-8-6-5-7-9-18)22(25)11-10-19-14-20(26-3)23-21(15-19)27-12-13-28-23/h5-11,14-15,17H,4,12-13,16H2,1-3H3/b11-10+. The van der Waals surface area contributed by atoms with Crippen LogP contribution >= 0.6 is 0 Å². The van der Waals surface area contributed by atoms with E-state index in [1.54, 1.807) is 19.3 Å². The van der Waals surface area contributed by atoms with Crippen molar-refractivity contribution in [3.8, 4) is 17.2 Å². The Bertz CT molecular complexity index is 815. The quantitative estimate of drug-likeness (QED) is 0.671. The number of rotatable bonds is 7. The van der Waals surface area contributed by atoms with Crippen LogP contribution in [-0.2, 0) is 11.3 Å². The van der Waals surface area contributed by atoms with Gasteiger partial charge in [-0.3, -0.25) is 4.79 Å². The second-order valence-corrected chi connectivity index (χ2v) is 6.79. The molecule has 0 radical (unpaired) electrons. The third-order valence-corrected chi connectivity index (χ3v) is 4.87. The molecule has 0 bridgehead atoms. The van der Waals surface area contributed by atoms with Crippen LogP contribution in [0.3, 0.4) is 0 Å². The Morgan fingerprint density at radius 3 is 2.68 bits per heavy atom. The highest BCUT2D eigenvalue weighted by Gasteiger charge is 2.19. The van der Waals surface area contributed by atoms with Crippen molar-refractivity contribution in [3.63, 3.8) is 0 Å². The zero-order chi connectivity index (χ0) is 19.9. The molecule has 2 aromatic rings. The molecule has 1 atom stereocenters. The summed E-state index contributed by atoms with van der Waals surface area (Å²) in [5.74, 6) is 1.84. The van der Waals surface area contributed by atoms with E-state index >= 15 is 0 Å². The number of carbonyl (C=O) groups is 1. The molecule has 5 heteroatoms. The molecule has 0 fully saturated rings. The molecule has 0 aliphatic carbocycles. The predicted octanol–water partition coefficient (Wildman–Crippen LogP) is 4.31. The zero-order valence-corrected chi connectivity index (χ0v) is 16.7. The van der Waals surface area contributed by atoms with Gasteiger partial charge in [-0.1, -0.05) is 37.3 Å². The second kappa shape index (κ2) is 9.31. The summed E-state index contributed by atoms with van der Waals surface area (Å²) in [6.07, 6.45) is 4.30. The van der Waals surface area contributed by atoms with Gasteiger partial charge in [-0.2, -0.15) is 0 Å². The molecule has 0 saturated carbocycles. The van der Waals surface area contributed by atoms with Gasteiger partial charge in [-0.05, 0) is 42.7 Å². The Morgan fingerprint density at radius 1 is 1.21 bits per heavy atom. The normalized spacial score (nSPS) is 14.0. The summed E-state index contributed by atoms with van der Waals surface area (Å²) in [4.78, 5) is 14.8. The van der Waals surface area contributed by atoms with Gasteiger partial charge in [0.25, 0.3) is 0 Å². The molecule has 148 valence electrons. The molecular weight excluding hydrogens is 354 g/mol. The first-order valence-corrected chi connectivity index (χ1v) is 9.62. The maximum atomic E-state index is 12.9. The molecule has 1 amide bonds. The fraction of sp³-hybridized carbons (Fsp3) is 0.348. The molecule has 5 nitrogen and oxygen atoms in total. The maximum absolute atomic E-state index is 12.9. The Kier molecular flexibility index (Phi) is 6.58. The summed E-state index contributed by atoms with van der Waals surface area (Å²) in [5, 5.41) is 0. The molecule has 2 aromatic carbocycles. The summed E-state index contributed by atoms with van der Waals surface area (Å²) < 4.78 is 16.7. The van der Waals surface area contributed by atoms with Gasteiger partial charge >= 0.3 is 0 Å². The number of fused-ring (bicyclic) bond motifs is 1. The van der Waals surface area contributed by atoms with Gasteiger partial charge < -0.3 is 19.1 Å². The third-order valence-electron chi connectivity index (χ3n) is 4.87. The van der Waals surface area contributed by atoms with Crippen molar-refractivity contribution in [2.24, 2.45) is 0 Å². The van der Waals surface area contributed by atoms with Crippen LogP contribution in [0.4, 0.5) is 0 Å². The number of benzene rings is 2. The van der Waals surface area contributed by atoms with E-state index in [1.165, 1.54) is 0 Å². The lowest BCUT2D eigenvalue weighted by molar-refractivity contribution is -0.128. The molecule has 1 unspecified atom stereocenters. The van der Waals surface area contributed by atoms with Gasteiger partial charge in [0.15, 0.2) is 11.5 Å². The lowest BCUT2D eigenvalue weighted by Gasteiger charge is -2.27. The molecule has 0 N–H and O–H groups in total. The summed E-state index contributed by atoms with van der Waals surface area (Å²) in [6.45, 7) is 5.75. The summed E-state index contributed by atoms with van der Waals surface area (Å²) >= 11 is 0. The largest absolute Gasteiger partial charge is 0.493 e. The first-order chi connectivity index (χ1) is 13.6. The van der Waals surface area contributed by atoms with E-state index in [2.05, 4.69) is 13.8 Å². The zero-order valence-electron chi connectivity index (χ0n) is 16.7. The number of hydrogen-bond donors (Lipinski definition) is 0. The minimum Gasteiger partial charge on any atom is -0.493 e. The van der Waals surface area contributed by atoms with Gasteiger partial charge in [0.2, 0.25) is 11.7 Å². The Hall–Kier alpha value is -2.95. The molecule has 1 aliphatic heterocycles. The van der Waals surface area contributed by atoms with Crippen molar-refractivity contribution in [3.05, 3.63) is 59.7 Å². The van der Waals surface area contributed by atoms with Gasteiger partial charge in [0.1, 0.15) is 13.2 Å². The molecule has 0 saturated heterocycles. The molecule has 3 rings (SSSR count). The topological polar surface area (TPSA) is 48.0 Å². The van der Waals surface area contributed by atoms with Crippen LogP contribution in [0.5, 0.6) is 17.2 Å². The SMILES string of the molecule is CCC(C)N(Cc1ccccc1)C(=O)/C=C/c1cc(OC)c2c(c1)OCCO2. The number of ether oxygens (including phenoxy) is 3. The van der Waals surface area contributed by atoms with Crippen molar-refractivity contribution in [2.75, 3.05) is 20.3 Å². The molecule has 0 spiro atoms. The summed E-state index contributed by atoms with van der Waals surface area (Å²) in [5.41, 5.74) is 1.95. The van der Waals surface area contributed by atoms with Crippen molar-refractivity contribution in [1.82, 2.24) is 4.90 Å². The second-order valence-electron chi connectivity index (χ2n) is 6.79. The van der Waals surface area contributed by atoms with E-state index in [1.807, 2.05) is 47.4 Å². The van der Waals surface area contributed by atoms with E-state index in [0.717, 1.165) is 17.5 Å². The first kappa shape index (κ1) is 19.8. The summed E-state index contributed by atoms with van der Waals surface area (Å²) in [6, 6.07) is 13.9. The lowest BCUT2D eigenvalue weighted by Crippen LogP contribution is -2.36. The van der Waals surface area contributed by atoms with Crippen LogP contribution in [-0.4, -0.2) is 37.2 Å². The van der Waals surface area contributed by atoms with Crippen LogP contribution in [0.2, 0.25) is 0 Å². The van der Waals surface area contributed by atoms with Crippen molar-refractivity contribution in [1.29, 1.82) is 0 Å². The molecule has 1 aliphatic rings. The van der Waals surface area contributed by atoms with Crippen molar-refractivity contribution < 1.29 is 19.0 Å². The minimum atomic E-state index is -0.0212. The van der Waals surface area contributed by atoms with E-state index in [0.29, 0.717) is 37.0 Å². The molecule has 28 heavy (non-hydrogen) atoms. The minimum absolute atomic E-state index is 0.0212. The number of methoxy groups -OCH3 is 1. The van der Waals surface area contributed by atoms with E-state index < -0.39 is 0 Å². The fourth-order valence-corrected chi connectivity index (χ4v) is 3.10. The van der Waals surface area contributed by atoms with Crippen LogP contribution in [0.1, 0.15) is 31.4 Å². The highest BCUT2D eigenvalue weighted by molar-refractivity contribution is 5.92.